The summed E-state index contributed by atoms with van der Waals surface area (Å²) in [6, 6.07) is 5.99. The molecule has 1 aromatic heterocycles. The number of hydrogen-bond donors (Lipinski definition) is 0. The smallest absolute Gasteiger partial charge is 0.224 e. The van der Waals surface area contributed by atoms with Crippen molar-refractivity contribution in [2.75, 3.05) is 46.0 Å². The molecule has 1 aromatic rings. The van der Waals surface area contributed by atoms with Crippen molar-refractivity contribution in [2.45, 2.75) is 31.9 Å². The van der Waals surface area contributed by atoms with Crippen LogP contribution in [0.4, 0.5) is 0 Å². The van der Waals surface area contributed by atoms with E-state index in [-0.39, 0.29) is 12.0 Å². The van der Waals surface area contributed by atoms with Gasteiger partial charge in [0.15, 0.2) is 0 Å². The zero-order valence-corrected chi connectivity index (χ0v) is 14.2. The highest BCUT2D eigenvalue weighted by Crippen LogP contribution is 2.12. The van der Waals surface area contributed by atoms with Gasteiger partial charge in [0, 0.05) is 52.1 Å². The molecule has 6 heteroatoms. The summed E-state index contributed by atoms with van der Waals surface area (Å²) in [5, 5.41) is 0. The van der Waals surface area contributed by atoms with Crippen molar-refractivity contribution in [2.24, 2.45) is 0 Å². The minimum atomic E-state index is 0.208. The summed E-state index contributed by atoms with van der Waals surface area (Å²) in [6.07, 6.45) is 4.47. The summed E-state index contributed by atoms with van der Waals surface area (Å²) >= 11 is 0. The molecule has 1 amide bonds. The van der Waals surface area contributed by atoms with Gasteiger partial charge in [0.05, 0.1) is 24.8 Å². The van der Waals surface area contributed by atoms with Crippen LogP contribution in [-0.4, -0.2) is 72.8 Å². The molecule has 0 aliphatic carbocycles. The average Bonchev–Trinajstić information content (AvgIpc) is 2.64. The molecule has 3 heterocycles. The largest absolute Gasteiger partial charge is 0.381 e. The first kappa shape index (κ1) is 17.3. The van der Waals surface area contributed by atoms with Gasteiger partial charge in [-0.15, -0.1) is 0 Å². The average molecular weight is 333 g/mol. The van der Waals surface area contributed by atoms with Gasteiger partial charge in [0.2, 0.25) is 5.91 Å². The lowest BCUT2D eigenvalue weighted by Gasteiger charge is -2.34. The maximum Gasteiger partial charge on any atom is 0.224 e. The highest BCUT2D eigenvalue weighted by atomic mass is 16.5. The van der Waals surface area contributed by atoms with Crippen LogP contribution < -0.4 is 0 Å². The number of hydrogen-bond acceptors (Lipinski definition) is 5. The monoisotopic (exact) mass is 333 g/mol. The van der Waals surface area contributed by atoms with Crippen LogP contribution in [0.15, 0.2) is 24.4 Å². The number of nitrogens with zero attached hydrogens (tertiary/aromatic N) is 3. The third-order valence-electron chi connectivity index (χ3n) is 4.67. The number of amides is 1. The Hall–Kier alpha value is -1.50. The van der Waals surface area contributed by atoms with Crippen molar-refractivity contribution < 1.29 is 14.3 Å². The topological polar surface area (TPSA) is 54.9 Å². The zero-order valence-electron chi connectivity index (χ0n) is 14.2. The zero-order chi connectivity index (χ0) is 16.6. The fourth-order valence-electron chi connectivity index (χ4n) is 3.19. The molecule has 0 radical (unpaired) electrons. The Bertz CT molecular complexity index is 497. The van der Waals surface area contributed by atoms with E-state index in [1.54, 1.807) is 0 Å². The lowest BCUT2D eigenvalue weighted by atomic mass is 10.1. The molecule has 2 aliphatic heterocycles. The van der Waals surface area contributed by atoms with E-state index in [1.807, 2.05) is 29.3 Å². The van der Waals surface area contributed by atoms with Gasteiger partial charge in [-0.2, -0.15) is 0 Å². The van der Waals surface area contributed by atoms with Crippen molar-refractivity contribution in [3.63, 3.8) is 0 Å². The first-order valence-corrected chi connectivity index (χ1v) is 8.90. The summed E-state index contributed by atoms with van der Waals surface area (Å²) in [7, 11) is 0. The first-order chi connectivity index (χ1) is 11.8. The maximum absolute atomic E-state index is 12.3. The Kier molecular flexibility index (Phi) is 6.57. The second kappa shape index (κ2) is 9.11. The van der Waals surface area contributed by atoms with Crippen LogP contribution in [0.1, 0.15) is 25.0 Å². The lowest BCUT2D eigenvalue weighted by molar-refractivity contribution is -0.135. The molecule has 0 bridgehead atoms. The lowest BCUT2D eigenvalue weighted by Crippen LogP contribution is -2.48. The van der Waals surface area contributed by atoms with Crippen LogP contribution in [0.5, 0.6) is 0 Å². The number of pyridine rings is 1. The van der Waals surface area contributed by atoms with Gasteiger partial charge < -0.3 is 14.4 Å². The second-order valence-electron chi connectivity index (χ2n) is 6.41. The van der Waals surface area contributed by atoms with Crippen molar-refractivity contribution >= 4 is 5.91 Å². The molecule has 0 N–H and O–H groups in total. The quantitative estimate of drug-likeness (QED) is 0.786. The Morgan fingerprint density at radius 3 is 2.71 bits per heavy atom. The van der Waals surface area contributed by atoms with E-state index >= 15 is 0 Å². The van der Waals surface area contributed by atoms with Crippen LogP contribution in [0.25, 0.3) is 0 Å². The number of carbonyl (C=O) groups excluding carboxylic acids is 1. The molecule has 0 atom stereocenters. The second-order valence-corrected chi connectivity index (χ2v) is 6.41. The van der Waals surface area contributed by atoms with E-state index in [0.717, 1.165) is 64.5 Å². The third kappa shape index (κ3) is 5.26. The summed E-state index contributed by atoms with van der Waals surface area (Å²) < 4.78 is 11.1. The molecular formula is C18H27N3O3. The number of rotatable bonds is 6. The fourth-order valence-corrected chi connectivity index (χ4v) is 3.19. The third-order valence-corrected chi connectivity index (χ3v) is 4.67. The number of piperazine rings is 1. The van der Waals surface area contributed by atoms with Gasteiger partial charge in [-0.1, -0.05) is 6.07 Å². The van der Waals surface area contributed by atoms with Crippen molar-refractivity contribution in [1.82, 2.24) is 14.8 Å². The van der Waals surface area contributed by atoms with Gasteiger partial charge in [-0.3, -0.25) is 14.7 Å². The van der Waals surface area contributed by atoms with Crippen LogP contribution in [0.2, 0.25) is 0 Å². The van der Waals surface area contributed by atoms with Crippen molar-refractivity contribution in [3.05, 3.63) is 30.1 Å². The Morgan fingerprint density at radius 1 is 1.21 bits per heavy atom. The van der Waals surface area contributed by atoms with Gasteiger partial charge in [-0.25, -0.2) is 0 Å². The predicted molar refractivity (Wildman–Crippen MR) is 90.5 cm³/mol. The molecule has 0 spiro atoms. The molecule has 0 aromatic carbocycles. The molecule has 0 unspecified atom stereocenters. The van der Waals surface area contributed by atoms with E-state index in [2.05, 4.69) is 9.88 Å². The first-order valence-electron chi connectivity index (χ1n) is 8.90. The van der Waals surface area contributed by atoms with Crippen LogP contribution in [-0.2, 0) is 20.8 Å². The van der Waals surface area contributed by atoms with Crippen LogP contribution in [0.3, 0.4) is 0 Å². The summed E-state index contributed by atoms with van der Waals surface area (Å²) in [5.74, 6) is 0.208. The van der Waals surface area contributed by atoms with E-state index in [0.29, 0.717) is 13.0 Å². The van der Waals surface area contributed by atoms with Crippen LogP contribution >= 0.6 is 0 Å². The van der Waals surface area contributed by atoms with E-state index in [1.165, 1.54) is 0 Å². The molecule has 2 aliphatic rings. The fraction of sp³-hybridized carbons (Fsp3) is 0.667. The molecule has 6 nitrogen and oxygen atoms in total. The SMILES string of the molecule is O=C(CCOC1CCOCC1)N1CCN(Cc2ccccn2)CC1. The maximum atomic E-state index is 12.3. The van der Waals surface area contributed by atoms with E-state index in [9.17, 15) is 4.79 Å². The van der Waals surface area contributed by atoms with E-state index < -0.39 is 0 Å². The predicted octanol–water partition coefficient (Wildman–Crippen LogP) is 1.31. The van der Waals surface area contributed by atoms with Gasteiger partial charge in [0.1, 0.15) is 0 Å². The minimum absolute atomic E-state index is 0.208. The summed E-state index contributed by atoms with van der Waals surface area (Å²) in [4.78, 5) is 21.0. The van der Waals surface area contributed by atoms with Gasteiger partial charge >= 0.3 is 0 Å². The Balaban J connectivity index is 1.32. The minimum Gasteiger partial charge on any atom is -0.381 e. The number of ether oxygens (including phenoxy) is 2. The summed E-state index contributed by atoms with van der Waals surface area (Å²) in [6.45, 7) is 6.33. The molecule has 24 heavy (non-hydrogen) atoms. The molecule has 132 valence electrons. The molecule has 2 saturated heterocycles. The highest BCUT2D eigenvalue weighted by molar-refractivity contribution is 5.76. The van der Waals surface area contributed by atoms with Crippen molar-refractivity contribution in [3.8, 4) is 0 Å². The van der Waals surface area contributed by atoms with Crippen LogP contribution in [0, 0.1) is 0 Å². The van der Waals surface area contributed by atoms with Gasteiger partial charge in [-0.05, 0) is 25.0 Å². The standard InChI is InChI=1S/C18H27N3O3/c22-18(6-14-24-17-4-12-23-13-5-17)21-10-8-20(9-11-21)15-16-3-1-2-7-19-16/h1-3,7,17H,4-6,8-15H2. The van der Waals surface area contributed by atoms with Gasteiger partial charge in [0.25, 0.3) is 0 Å². The Labute approximate surface area is 143 Å². The van der Waals surface area contributed by atoms with E-state index in [4.69, 9.17) is 9.47 Å². The Morgan fingerprint density at radius 2 is 2.00 bits per heavy atom. The number of aromatic nitrogens is 1. The van der Waals surface area contributed by atoms with Crippen molar-refractivity contribution in [1.29, 1.82) is 0 Å². The molecule has 0 saturated carbocycles. The summed E-state index contributed by atoms with van der Waals surface area (Å²) in [5.41, 5.74) is 1.09. The normalized spacial score (nSPS) is 20.2. The highest BCUT2D eigenvalue weighted by Gasteiger charge is 2.21. The molecule has 3 rings (SSSR count). The molecule has 2 fully saturated rings. The molecular weight excluding hydrogens is 306 g/mol. The number of carbonyl (C=O) groups is 1.